The molecule has 1 aliphatic heterocycles. The van der Waals surface area contributed by atoms with E-state index in [9.17, 15) is 9.59 Å². The number of anilines is 1. The van der Waals surface area contributed by atoms with Crippen molar-refractivity contribution in [3.63, 3.8) is 0 Å². The molecule has 23 heavy (non-hydrogen) atoms. The van der Waals surface area contributed by atoms with E-state index in [0.717, 1.165) is 19.4 Å². The van der Waals surface area contributed by atoms with E-state index in [1.54, 1.807) is 24.3 Å². The number of carbonyl (C=O) groups is 2. The van der Waals surface area contributed by atoms with Gasteiger partial charge in [-0.3, -0.25) is 4.79 Å². The topological polar surface area (TPSA) is 79.5 Å². The Bertz CT molecular complexity index is 516. The lowest BCUT2D eigenvalue weighted by atomic mass is 10.2. The normalized spacial score (nSPS) is 16.8. The Balaban J connectivity index is 1.53. The lowest BCUT2D eigenvalue weighted by molar-refractivity contribution is -0.116. The van der Waals surface area contributed by atoms with Crippen LogP contribution in [0, 0.1) is 0 Å². The number of hydrogen-bond acceptors (Lipinski definition) is 3. The van der Waals surface area contributed by atoms with Crippen LogP contribution in [0.3, 0.4) is 0 Å². The van der Waals surface area contributed by atoms with Gasteiger partial charge in [0.15, 0.2) is 0 Å². The molecular weight excluding hydrogens is 318 g/mol. The molecule has 0 radical (unpaired) electrons. The van der Waals surface area contributed by atoms with E-state index in [-0.39, 0.29) is 18.0 Å². The Hall–Kier alpha value is -1.79. The lowest BCUT2D eigenvalue weighted by Gasteiger charge is -2.11. The van der Waals surface area contributed by atoms with E-state index >= 15 is 0 Å². The molecule has 1 saturated heterocycles. The molecule has 3 amide bonds. The molecule has 1 atom stereocenters. The maximum Gasteiger partial charge on any atom is 0.314 e. The summed E-state index contributed by atoms with van der Waals surface area (Å²) in [5.41, 5.74) is 0.710. The molecule has 1 unspecified atom stereocenters. The number of ether oxygens (including phenoxy) is 1. The first-order valence-electron chi connectivity index (χ1n) is 7.82. The van der Waals surface area contributed by atoms with E-state index in [0.29, 0.717) is 36.6 Å². The lowest BCUT2D eigenvalue weighted by Crippen LogP contribution is -2.40. The van der Waals surface area contributed by atoms with Crippen LogP contribution in [0.5, 0.6) is 0 Å². The minimum absolute atomic E-state index is 0.0890. The Morgan fingerprint density at radius 1 is 1.22 bits per heavy atom. The van der Waals surface area contributed by atoms with Crippen molar-refractivity contribution in [2.75, 3.05) is 25.0 Å². The fourth-order valence-electron chi connectivity index (χ4n) is 2.28. The molecular formula is C16H22ClN3O3. The van der Waals surface area contributed by atoms with Crippen LogP contribution in [0.15, 0.2) is 24.3 Å². The van der Waals surface area contributed by atoms with Gasteiger partial charge in [-0.1, -0.05) is 11.6 Å². The van der Waals surface area contributed by atoms with E-state index < -0.39 is 0 Å². The highest BCUT2D eigenvalue weighted by Crippen LogP contribution is 2.13. The predicted octanol–water partition coefficient (Wildman–Crippen LogP) is 2.54. The zero-order valence-corrected chi connectivity index (χ0v) is 13.7. The third-order valence-electron chi connectivity index (χ3n) is 3.51. The molecule has 1 heterocycles. The number of carbonyl (C=O) groups excluding carboxylic acids is 2. The molecule has 0 aromatic heterocycles. The fraction of sp³-hybridized carbons (Fsp3) is 0.500. The molecule has 1 aromatic rings. The number of urea groups is 1. The van der Waals surface area contributed by atoms with Gasteiger partial charge in [0.1, 0.15) is 0 Å². The van der Waals surface area contributed by atoms with Gasteiger partial charge in [-0.25, -0.2) is 4.79 Å². The highest BCUT2D eigenvalue weighted by Gasteiger charge is 2.15. The number of nitrogens with one attached hydrogen (secondary N) is 3. The summed E-state index contributed by atoms with van der Waals surface area (Å²) in [5, 5.41) is 8.90. The van der Waals surface area contributed by atoms with Gasteiger partial charge >= 0.3 is 6.03 Å². The Morgan fingerprint density at radius 3 is 2.70 bits per heavy atom. The highest BCUT2D eigenvalue weighted by molar-refractivity contribution is 6.30. The highest BCUT2D eigenvalue weighted by atomic mass is 35.5. The maximum absolute atomic E-state index is 11.8. The zero-order valence-electron chi connectivity index (χ0n) is 12.9. The SMILES string of the molecule is O=C(CCCNC(=O)NCC1CCCO1)Nc1ccc(Cl)cc1. The molecule has 6 nitrogen and oxygen atoms in total. The van der Waals surface area contributed by atoms with E-state index in [2.05, 4.69) is 16.0 Å². The summed E-state index contributed by atoms with van der Waals surface area (Å²) in [5.74, 6) is -0.0890. The minimum Gasteiger partial charge on any atom is -0.376 e. The van der Waals surface area contributed by atoms with Gasteiger partial charge in [-0.05, 0) is 43.5 Å². The molecule has 7 heteroatoms. The van der Waals surface area contributed by atoms with Crippen molar-refractivity contribution in [1.29, 1.82) is 0 Å². The second-order valence-electron chi connectivity index (χ2n) is 5.43. The first kappa shape index (κ1) is 17.6. The monoisotopic (exact) mass is 339 g/mol. The maximum atomic E-state index is 11.8. The molecule has 0 saturated carbocycles. The standard InChI is InChI=1S/C16H22ClN3O3/c17-12-5-7-13(8-6-12)20-15(21)4-1-9-18-16(22)19-11-14-3-2-10-23-14/h5-8,14H,1-4,9-11H2,(H,20,21)(H2,18,19,22). The number of benzene rings is 1. The smallest absolute Gasteiger partial charge is 0.314 e. The Morgan fingerprint density at radius 2 is 2.00 bits per heavy atom. The van der Waals surface area contributed by atoms with Crippen LogP contribution in [-0.4, -0.2) is 37.7 Å². The largest absolute Gasteiger partial charge is 0.376 e. The van der Waals surface area contributed by atoms with Crippen molar-refractivity contribution in [2.45, 2.75) is 31.8 Å². The van der Waals surface area contributed by atoms with Gasteiger partial charge < -0.3 is 20.7 Å². The van der Waals surface area contributed by atoms with Crippen LogP contribution >= 0.6 is 11.6 Å². The van der Waals surface area contributed by atoms with Gasteiger partial charge in [0.25, 0.3) is 0 Å². The third kappa shape index (κ3) is 6.88. The van der Waals surface area contributed by atoms with Crippen molar-refractivity contribution in [3.8, 4) is 0 Å². The molecule has 1 fully saturated rings. The number of hydrogen-bond donors (Lipinski definition) is 3. The van der Waals surface area contributed by atoms with Crippen molar-refractivity contribution in [3.05, 3.63) is 29.3 Å². The average Bonchev–Trinajstić information content (AvgIpc) is 3.05. The molecule has 0 spiro atoms. The average molecular weight is 340 g/mol. The number of rotatable bonds is 7. The molecule has 126 valence electrons. The van der Waals surface area contributed by atoms with Gasteiger partial charge in [-0.15, -0.1) is 0 Å². The van der Waals surface area contributed by atoms with Crippen LogP contribution in [0.2, 0.25) is 5.02 Å². The summed E-state index contributed by atoms with van der Waals surface area (Å²) in [6.45, 7) is 1.75. The van der Waals surface area contributed by atoms with E-state index in [4.69, 9.17) is 16.3 Å². The molecule has 1 aromatic carbocycles. The van der Waals surface area contributed by atoms with E-state index in [1.165, 1.54) is 0 Å². The minimum atomic E-state index is -0.224. The third-order valence-corrected chi connectivity index (χ3v) is 3.76. The number of halogens is 1. The predicted molar refractivity (Wildman–Crippen MR) is 89.7 cm³/mol. The summed E-state index contributed by atoms with van der Waals surface area (Å²) in [6, 6.07) is 6.71. The van der Waals surface area contributed by atoms with E-state index in [1.807, 2.05) is 0 Å². The quantitative estimate of drug-likeness (QED) is 0.668. The summed E-state index contributed by atoms with van der Waals surface area (Å²) >= 11 is 5.78. The van der Waals surface area contributed by atoms with Crippen molar-refractivity contribution in [2.24, 2.45) is 0 Å². The van der Waals surface area contributed by atoms with Crippen LogP contribution in [0.4, 0.5) is 10.5 Å². The van der Waals surface area contributed by atoms with Gasteiger partial charge in [0, 0.05) is 36.8 Å². The summed E-state index contributed by atoms with van der Waals surface area (Å²) in [7, 11) is 0. The molecule has 2 rings (SSSR count). The van der Waals surface area contributed by atoms with Crippen LogP contribution in [0.25, 0.3) is 0 Å². The van der Waals surface area contributed by atoms with Crippen molar-refractivity contribution in [1.82, 2.24) is 10.6 Å². The second kappa shape index (κ2) is 9.37. The van der Waals surface area contributed by atoms with Gasteiger partial charge in [0.05, 0.1) is 6.10 Å². The van der Waals surface area contributed by atoms with Crippen LogP contribution in [0.1, 0.15) is 25.7 Å². The summed E-state index contributed by atoms with van der Waals surface area (Å²) in [4.78, 5) is 23.3. The molecule has 1 aliphatic rings. The molecule has 3 N–H and O–H groups in total. The van der Waals surface area contributed by atoms with Gasteiger partial charge in [0.2, 0.25) is 5.91 Å². The first-order chi connectivity index (χ1) is 11.1. The molecule has 0 aliphatic carbocycles. The van der Waals surface area contributed by atoms with Crippen molar-refractivity contribution >= 4 is 29.2 Å². The fourth-order valence-corrected chi connectivity index (χ4v) is 2.41. The summed E-state index contributed by atoms with van der Waals surface area (Å²) < 4.78 is 5.42. The Kier molecular flexibility index (Phi) is 7.16. The Labute approximate surface area is 140 Å². The zero-order chi connectivity index (χ0) is 16.5. The van der Waals surface area contributed by atoms with Crippen molar-refractivity contribution < 1.29 is 14.3 Å². The van der Waals surface area contributed by atoms with Crippen LogP contribution in [-0.2, 0) is 9.53 Å². The van der Waals surface area contributed by atoms with Crippen LogP contribution < -0.4 is 16.0 Å². The summed E-state index contributed by atoms with van der Waals surface area (Å²) in [6.07, 6.45) is 3.09. The number of amides is 3. The first-order valence-corrected chi connectivity index (χ1v) is 8.20. The molecule has 0 bridgehead atoms. The second-order valence-corrected chi connectivity index (χ2v) is 5.87. The van der Waals surface area contributed by atoms with Gasteiger partial charge in [-0.2, -0.15) is 0 Å².